The molecule has 1 aliphatic heterocycles. The Morgan fingerprint density at radius 2 is 1.75 bits per heavy atom. The highest BCUT2D eigenvalue weighted by Crippen LogP contribution is 2.34. The fourth-order valence-electron chi connectivity index (χ4n) is 3.15. The maximum atomic E-state index is 12.9. The Kier molecular flexibility index (Phi) is 5.89. The van der Waals surface area contributed by atoms with E-state index >= 15 is 0 Å². The second-order valence-electron chi connectivity index (χ2n) is 7.29. The molecule has 0 saturated heterocycles. The highest BCUT2D eigenvalue weighted by Gasteiger charge is 2.17. The number of fused-ring (bicyclic) bond motifs is 1. The standard InChI is InChI=1S/C23H22N4O5/c1-3-21(28)25-18-11-17(15-6-4-14(2)5-7-15)26-27(23(18)30)12-22(29)24-16-8-9-19-20(10-16)32-13-31-19/h4-11H,3,12-13H2,1-2H3,(H,24,29)(H,25,28). The summed E-state index contributed by atoms with van der Waals surface area (Å²) in [4.78, 5) is 37.4. The number of benzene rings is 2. The van der Waals surface area contributed by atoms with Crippen LogP contribution in [0.2, 0.25) is 0 Å². The quantitative estimate of drug-likeness (QED) is 0.617. The molecule has 0 aliphatic carbocycles. The number of aromatic nitrogens is 2. The van der Waals surface area contributed by atoms with E-state index in [4.69, 9.17) is 9.47 Å². The van der Waals surface area contributed by atoms with Gasteiger partial charge in [-0.1, -0.05) is 36.8 Å². The molecule has 0 radical (unpaired) electrons. The van der Waals surface area contributed by atoms with Crippen molar-refractivity contribution in [2.45, 2.75) is 26.8 Å². The van der Waals surface area contributed by atoms with Crippen LogP contribution in [0.15, 0.2) is 53.3 Å². The summed E-state index contributed by atoms with van der Waals surface area (Å²) in [6.45, 7) is 3.45. The van der Waals surface area contributed by atoms with Crippen molar-refractivity contribution in [2.24, 2.45) is 0 Å². The molecule has 9 nitrogen and oxygen atoms in total. The number of nitrogens with zero attached hydrogens (tertiary/aromatic N) is 2. The van der Waals surface area contributed by atoms with Crippen LogP contribution < -0.4 is 25.7 Å². The fraction of sp³-hybridized carbons (Fsp3) is 0.217. The lowest BCUT2D eigenvalue weighted by Gasteiger charge is -2.12. The number of hydrogen-bond donors (Lipinski definition) is 2. The van der Waals surface area contributed by atoms with E-state index in [1.54, 1.807) is 25.1 Å². The van der Waals surface area contributed by atoms with Crippen LogP contribution in [0.1, 0.15) is 18.9 Å². The van der Waals surface area contributed by atoms with Gasteiger partial charge >= 0.3 is 0 Å². The Bertz CT molecular complexity index is 1230. The van der Waals surface area contributed by atoms with Gasteiger partial charge in [-0.25, -0.2) is 4.68 Å². The molecule has 3 aromatic rings. The molecule has 1 aromatic heterocycles. The van der Waals surface area contributed by atoms with Gasteiger partial charge in [0.15, 0.2) is 11.5 Å². The SMILES string of the molecule is CCC(=O)Nc1cc(-c2ccc(C)cc2)nn(CC(=O)Nc2ccc3c(c2)OCO3)c1=O. The molecule has 0 spiro atoms. The van der Waals surface area contributed by atoms with Gasteiger partial charge in [0.2, 0.25) is 18.6 Å². The summed E-state index contributed by atoms with van der Waals surface area (Å²) in [6.07, 6.45) is 0.215. The van der Waals surface area contributed by atoms with Crippen LogP contribution in [0.4, 0.5) is 11.4 Å². The molecule has 2 aromatic carbocycles. The molecule has 2 N–H and O–H groups in total. The number of amides is 2. The molecule has 9 heteroatoms. The Balaban J connectivity index is 1.62. The molecule has 0 fully saturated rings. The van der Waals surface area contributed by atoms with Gasteiger partial charge in [-0.2, -0.15) is 5.10 Å². The maximum absolute atomic E-state index is 12.9. The average molecular weight is 434 g/mol. The van der Waals surface area contributed by atoms with Crippen LogP contribution in [0, 0.1) is 6.92 Å². The van der Waals surface area contributed by atoms with Crippen molar-refractivity contribution in [2.75, 3.05) is 17.4 Å². The molecule has 164 valence electrons. The van der Waals surface area contributed by atoms with Crippen LogP contribution in [-0.2, 0) is 16.1 Å². The number of anilines is 2. The topological polar surface area (TPSA) is 112 Å². The lowest BCUT2D eigenvalue weighted by molar-refractivity contribution is -0.117. The van der Waals surface area contributed by atoms with E-state index in [0.29, 0.717) is 22.9 Å². The Labute approximate surface area is 184 Å². The van der Waals surface area contributed by atoms with E-state index in [9.17, 15) is 14.4 Å². The third kappa shape index (κ3) is 4.61. The van der Waals surface area contributed by atoms with Crippen LogP contribution in [-0.4, -0.2) is 28.4 Å². The Hall–Kier alpha value is -4.14. The zero-order valence-electron chi connectivity index (χ0n) is 17.7. The minimum absolute atomic E-state index is 0.0679. The van der Waals surface area contributed by atoms with Crippen molar-refractivity contribution in [3.63, 3.8) is 0 Å². The Morgan fingerprint density at radius 1 is 1.00 bits per heavy atom. The number of rotatable bonds is 6. The summed E-state index contributed by atoms with van der Waals surface area (Å²) in [5, 5.41) is 9.68. The summed E-state index contributed by atoms with van der Waals surface area (Å²) >= 11 is 0. The third-order valence-corrected chi connectivity index (χ3v) is 4.87. The zero-order valence-corrected chi connectivity index (χ0v) is 17.7. The van der Waals surface area contributed by atoms with Gasteiger partial charge in [0.25, 0.3) is 5.56 Å². The number of carbonyl (C=O) groups excluding carboxylic acids is 2. The monoisotopic (exact) mass is 434 g/mol. The second kappa shape index (κ2) is 8.93. The van der Waals surface area contributed by atoms with Crippen molar-refractivity contribution in [1.29, 1.82) is 0 Å². The second-order valence-corrected chi connectivity index (χ2v) is 7.29. The van der Waals surface area contributed by atoms with Crippen LogP contribution >= 0.6 is 0 Å². The number of ether oxygens (including phenoxy) is 2. The summed E-state index contributed by atoms with van der Waals surface area (Å²) in [5.41, 5.74) is 2.30. The van der Waals surface area contributed by atoms with Gasteiger partial charge in [-0.3, -0.25) is 14.4 Å². The molecule has 0 bridgehead atoms. The zero-order chi connectivity index (χ0) is 22.7. The van der Waals surface area contributed by atoms with Gasteiger partial charge in [-0.05, 0) is 25.1 Å². The highest BCUT2D eigenvalue weighted by atomic mass is 16.7. The van der Waals surface area contributed by atoms with E-state index in [1.807, 2.05) is 31.2 Å². The van der Waals surface area contributed by atoms with E-state index in [0.717, 1.165) is 15.8 Å². The minimum Gasteiger partial charge on any atom is -0.454 e. The predicted molar refractivity (Wildman–Crippen MR) is 119 cm³/mol. The normalized spacial score (nSPS) is 11.8. The average Bonchev–Trinajstić information content (AvgIpc) is 3.24. The summed E-state index contributed by atoms with van der Waals surface area (Å²) in [6, 6.07) is 14.1. The predicted octanol–water partition coefficient (Wildman–Crippen LogP) is 2.93. The lowest BCUT2D eigenvalue weighted by Crippen LogP contribution is -2.32. The molecule has 32 heavy (non-hydrogen) atoms. The first-order valence-electron chi connectivity index (χ1n) is 10.1. The molecular formula is C23H22N4O5. The summed E-state index contributed by atoms with van der Waals surface area (Å²) in [7, 11) is 0. The van der Waals surface area contributed by atoms with E-state index < -0.39 is 11.5 Å². The van der Waals surface area contributed by atoms with E-state index in [1.165, 1.54) is 6.07 Å². The van der Waals surface area contributed by atoms with Gasteiger partial charge in [0.05, 0.1) is 5.69 Å². The largest absolute Gasteiger partial charge is 0.454 e. The number of aryl methyl sites for hydroxylation is 1. The van der Waals surface area contributed by atoms with Crippen molar-refractivity contribution in [3.8, 4) is 22.8 Å². The smallest absolute Gasteiger partial charge is 0.291 e. The first-order chi connectivity index (χ1) is 15.4. The van der Waals surface area contributed by atoms with E-state index in [2.05, 4.69) is 15.7 Å². The third-order valence-electron chi connectivity index (χ3n) is 4.87. The van der Waals surface area contributed by atoms with E-state index in [-0.39, 0.29) is 31.4 Å². The molecule has 0 unspecified atom stereocenters. The molecule has 2 heterocycles. The van der Waals surface area contributed by atoms with Crippen molar-refractivity contribution in [1.82, 2.24) is 9.78 Å². The highest BCUT2D eigenvalue weighted by molar-refractivity contribution is 5.92. The maximum Gasteiger partial charge on any atom is 0.291 e. The van der Waals surface area contributed by atoms with Gasteiger partial charge in [-0.15, -0.1) is 0 Å². The van der Waals surface area contributed by atoms with Crippen molar-refractivity contribution in [3.05, 3.63) is 64.4 Å². The first kappa shape index (κ1) is 21.1. The van der Waals surface area contributed by atoms with Crippen LogP contribution in [0.3, 0.4) is 0 Å². The van der Waals surface area contributed by atoms with Crippen LogP contribution in [0.5, 0.6) is 11.5 Å². The van der Waals surface area contributed by atoms with Gasteiger partial charge < -0.3 is 20.1 Å². The first-order valence-corrected chi connectivity index (χ1v) is 10.1. The van der Waals surface area contributed by atoms with Gasteiger partial charge in [0.1, 0.15) is 12.2 Å². The molecule has 4 rings (SSSR count). The fourth-order valence-corrected chi connectivity index (χ4v) is 3.15. The van der Waals surface area contributed by atoms with Crippen LogP contribution in [0.25, 0.3) is 11.3 Å². The van der Waals surface area contributed by atoms with Crippen molar-refractivity contribution < 1.29 is 19.1 Å². The lowest BCUT2D eigenvalue weighted by atomic mass is 10.1. The Morgan fingerprint density at radius 3 is 2.50 bits per heavy atom. The van der Waals surface area contributed by atoms with Gasteiger partial charge in [0, 0.05) is 23.7 Å². The number of carbonyl (C=O) groups is 2. The molecule has 0 saturated carbocycles. The minimum atomic E-state index is -0.566. The molecule has 0 atom stereocenters. The number of nitrogens with one attached hydrogen (secondary N) is 2. The molecule has 1 aliphatic rings. The van der Waals surface area contributed by atoms with Crippen molar-refractivity contribution >= 4 is 23.2 Å². The molecular weight excluding hydrogens is 412 g/mol. The number of hydrogen-bond acceptors (Lipinski definition) is 6. The molecule has 2 amide bonds. The summed E-state index contributed by atoms with van der Waals surface area (Å²) in [5.74, 6) is 0.374. The summed E-state index contributed by atoms with van der Waals surface area (Å²) < 4.78 is 11.6.